The summed E-state index contributed by atoms with van der Waals surface area (Å²) in [7, 11) is 0. The number of halogens is 1. The van der Waals surface area contributed by atoms with Crippen molar-refractivity contribution in [3.63, 3.8) is 0 Å². The Morgan fingerprint density at radius 1 is 1.12 bits per heavy atom. The van der Waals surface area contributed by atoms with E-state index in [9.17, 15) is 14.0 Å². The van der Waals surface area contributed by atoms with Crippen molar-refractivity contribution in [3.05, 3.63) is 87.6 Å². The molecule has 0 saturated carbocycles. The zero-order valence-corrected chi connectivity index (χ0v) is 14.3. The fraction of sp³-hybridized carbons (Fsp3) is 0.105. The molecule has 26 heavy (non-hydrogen) atoms. The van der Waals surface area contributed by atoms with Gasteiger partial charge < -0.3 is 0 Å². The second-order valence-electron chi connectivity index (χ2n) is 5.71. The molecular formula is C19H17FN4O2. The standard InChI is InChI=1S/C19H17FN4O2/c1-12(21-22-18(25)15-10-6-7-11-16(15)20)17-13(2)23-24(19(17)26)14-8-4-3-5-9-14/h3-11,23H,1-2H3,(H,22,25). The van der Waals surface area contributed by atoms with E-state index in [4.69, 9.17) is 0 Å². The summed E-state index contributed by atoms with van der Waals surface area (Å²) in [5, 5.41) is 6.95. The highest BCUT2D eigenvalue weighted by Crippen LogP contribution is 2.09. The van der Waals surface area contributed by atoms with Crippen LogP contribution in [0.15, 0.2) is 64.5 Å². The molecule has 1 amide bonds. The van der Waals surface area contributed by atoms with E-state index in [1.165, 1.54) is 22.9 Å². The van der Waals surface area contributed by atoms with Crippen LogP contribution in [0.1, 0.15) is 28.5 Å². The Kier molecular flexibility index (Phi) is 4.79. The molecule has 7 heteroatoms. The van der Waals surface area contributed by atoms with Crippen LogP contribution in [0.25, 0.3) is 5.69 Å². The number of nitrogens with zero attached hydrogens (tertiary/aromatic N) is 2. The monoisotopic (exact) mass is 352 g/mol. The molecule has 132 valence electrons. The van der Waals surface area contributed by atoms with Gasteiger partial charge in [0, 0.05) is 5.69 Å². The third-order valence-electron chi connectivity index (χ3n) is 3.89. The highest BCUT2D eigenvalue weighted by molar-refractivity contribution is 6.01. The molecule has 0 atom stereocenters. The molecule has 1 heterocycles. The number of carbonyl (C=O) groups is 1. The van der Waals surface area contributed by atoms with Crippen molar-refractivity contribution in [1.29, 1.82) is 0 Å². The van der Waals surface area contributed by atoms with E-state index in [0.29, 0.717) is 22.7 Å². The fourth-order valence-corrected chi connectivity index (χ4v) is 2.63. The summed E-state index contributed by atoms with van der Waals surface area (Å²) in [6.07, 6.45) is 0. The molecule has 0 aliphatic carbocycles. The number of aryl methyl sites for hydroxylation is 1. The van der Waals surface area contributed by atoms with Gasteiger partial charge in [0.05, 0.1) is 22.5 Å². The molecule has 3 rings (SSSR count). The van der Waals surface area contributed by atoms with Gasteiger partial charge in [-0.05, 0) is 38.1 Å². The predicted molar refractivity (Wildman–Crippen MR) is 97.2 cm³/mol. The Labute approximate surface area is 149 Å². The van der Waals surface area contributed by atoms with Gasteiger partial charge in [-0.15, -0.1) is 0 Å². The van der Waals surface area contributed by atoms with E-state index < -0.39 is 11.7 Å². The molecule has 2 N–H and O–H groups in total. The Morgan fingerprint density at radius 2 is 1.77 bits per heavy atom. The highest BCUT2D eigenvalue weighted by atomic mass is 19.1. The minimum Gasteiger partial charge on any atom is -0.295 e. The maximum absolute atomic E-state index is 13.6. The topological polar surface area (TPSA) is 79.2 Å². The average molecular weight is 352 g/mol. The Hall–Kier alpha value is -3.48. The van der Waals surface area contributed by atoms with Crippen LogP contribution in [0.3, 0.4) is 0 Å². The lowest BCUT2D eigenvalue weighted by Gasteiger charge is -2.02. The van der Waals surface area contributed by atoms with Gasteiger partial charge in [0.2, 0.25) is 0 Å². The van der Waals surface area contributed by atoms with Crippen molar-refractivity contribution in [1.82, 2.24) is 15.2 Å². The van der Waals surface area contributed by atoms with Gasteiger partial charge in [-0.1, -0.05) is 30.3 Å². The van der Waals surface area contributed by atoms with Gasteiger partial charge in [0.15, 0.2) is 0 Å². The van der Waals surface area contributed by atoms with E-state index in [-0.39, 0.29) is 11.1 Å². The van der Waals surface area contributed by atoms with E-state index in [1.54, 1.807) is 32.0 Å². The van der Waals surface area contributed by atoms with Crippen molar-refractivity contribution in [3.8, 4) is 5.69 Å². The summed E-state index contributed by atoms with van der Waals surface area (Å²) in [5.74, 6) is -1.32. The van der Waals surface area contributed by atoms with Crippen LogP contribution in [-0.4, -0.2) is 21.4 Å². The number of aromatic amines is 1. The van der Waals surface area contributed by atoms with Gasteiger partial charge >= 0.3 is 0 Å². The summed E-state index contributed by atoms with van der Waals surface area (Å²) in [4.78, 5) is 24.7. The summed E-state index contributed by atoms with van der Waals surface area (Å²) in [5.41, 5.74) is 3.87. The molecule has 0 unspecified atom stereocenters. The Morgan fingerprint density at radius 3 is 2.46 bits per heavy atom. The van der Waals surface area contributed by atoms with Gasteiger partial charge in [-0.25, -0.2) is 14.5 Å². The number of H-pyrrole nitrogens is 1. The molecule has 2 aromatic carbocycles. The van der Waals surface area contributed by atoms with Crippen LogP contribution < -0.4 is 11.0 Å². The van der Waals surface area contributed by atoms with Crippen molar-refractivity contribution in [2.45, 2.75) is 13.8 Å². The predicted octanol–water partition coefficient (Wildman–Crippen LogP) is 2.77. The van der Waals surface area contributed by atoms with Crippen molar-refractivity contribution in [2.75, 3.05) is 0 Å². The molecule has 6 nitrogen and oxygen atoms in total. The number of carbonyl (C=O) groups excluding carboxylic acids is 1. The fourth-order valence-electron chi connectivity index (χ4n) is 2.63. The quantitative estimate of drug-likeness (QED) is 0.559. The first kappa shape index (κ1) is 17.3. The zero-order valence-electron chi connectivity index (χ0n) is 14.3. The molecule has 0 saturated heterocycles. The normalized spacial score (nSPS) is 11.4. The highest BCUT2D eigenvalue weighted by Gasteiger charge is 2.16. The first-order valence-corrected chi connectivity index (χ1v) is 7.95. The van der Waals surface area contributed by atoms with Crippen LogP contribution in [0.5, 0.6) is 0 Å². The molecule has 0 bridgehead atoms. The minimum atomic E-state index is -0.681. The van der Waals surface area contributed by atoms with Crippen LogP contribution in [-0.2, 0) is 0 Å². The summed E-state index contributed by atoms with van der Waals surface area (Å²) in [6, 6.07) is 14.7. The molecule has 3 aromatic rings. The first-order valence-electron chi connectivity index (χ1n) is 7.95. The maximum Gasteiger partial charge on any atom is 0.280 e. The summed E-state index contributed by atoms with van der Waals surface area (Å²) in [6.45, 7) is 3.35. The number of hydrogen-bond donors (Lipinski definition) is 2. The second-order valence-corrected chi connectivity index (χ2v) is 5.71. The SMILES string of the molecule is CC(=NNC(=O)c1ccccc1F)c1c(C)[nH]n(-c2ccccc2)c1=O. The van der Waals surface area contributed by atoms with E-state index in [2.05, 4.69) is 15.6 Å². The lowest BCUT2D eigenvalue weighted by molar-refractivity contribution is 0.0951. The molecule has 0 fully saturated rings. The first-order chi connectivity index (χ1) is 12.5. The van der Waals surface area contributed by atoms with E-state index >= 15 is 0 Å². The number of aromatic nitrogens is 2. The van der Waals surface area contributed by atoms with Gasteiger partial charge in [0.25, 0.3) is 11.5 Å². The third-order valence-corrected chi connectivity index (χ3v) is 3.89. The summed E-state index contributed by atoms with van der Waals surface area (Å²) < 4.78 is 15.0. The van der Waals surface area contributed by atoms with Crippen molar-refractivity contribution in [2.24, 2.45) is 5.10 Å². The number of para-hydroxylation sites is 1. The molecule has 0 spiro atoms. The van der Waals surface area contributed by atoms with E-state index in [1.807, 2.05) is 18.2 Å². The smallest absolute Gasteiger partial charge is 0.280 e. The number of nitrogens with one attached hydrogen (secondary N) is 2. The molecule has 0 radical (unpaired) electrons. The molecule has 1 aromatic heterocycles. The van der Waals surface area contributed by atoms with Gasteiger partial charge in [0.1, 0.15) is 5.82 Å². The van der Waals surface area contributed by atoms with Gasteiger partial charge in [-0.3, -0.25) is 14.7 Å². The van der Waals surface area contributed by atoms with Crippen LogP contribution in [0, 0.1) is 12.7 Å². The third kappa shape index (κ3) is 3.32. The number of hydrazone groups is 1. The molecule has 0 aliphatic rings. The van der Waals surface area contributed by atoms with Crippen molar-refractivity contribution < 1.29 is 9.18 Å². The molecule has 0 aliphatic heterocycles. The van der Waals surface area contributed by atoms with Crippen LogP contribution in [0.4, 0.5) is 4.39 Å². The lowest BCUT2D eigenvalue weighted by Crippen LogP contribution is -2.24. The second kappa shape index (κ2) is 7.18. The number of benzene rings is 2. The number of amides is 1. The van der Waals surface area contributed by atoms with Gasteiger partial charge in [-0.2, -0.15) is 5.10 Å². The Balaban J connectivity index is 1.89. The summed E-state index contributed by atoms with van der Waals surface area (Å²) >= 11 is 0. The minimum absolute atomic E-state index is 0.114. The Bertz CT molecular complexity index is 1040. The maximum atomic E-state index is 13.6. The lowest BCUT2D eigenvalue weighted by atomic mass is 10.2. The van der Waals surface area contributed by atoms with Crippen molar-refractivity contribution >= 4 is 11.6 Å². The molecular weight excluding hydrogens is 335 g/mol. The largest absolute Gasteiger partial charge is 0.295 e. The van der Waals surface area contributed by atoms with Crippen LogP contribution in [0.2, 0.25) is 0 Å². The number of hydrogen-bond acceptors (Lipinski definition) is 3. The number of rotatable bonds is 4. The average Bonchev–Trinajstić information content (AvgIpc) is 2.95. The zero-order chi connectivity index (χ0) is 18.7. The van der Waals surface area contributed by atoms with Crippen LogP contribution >= 0.6 is 0 Å². The van der Waals surface area contributed by atoms with E-state index in [0.717, 1.165) is 0 Å².